The zero-order valence-corrected chi connectivity index (χ0v) is 9.66. The molecule has 0 spiro atoms. The molecule has 1 aromatic rings. The maximum atomic E-state index is 10.9. The largest absolute Gasteiger partial charge is 0.476 e. The Morgan fingerprint density at radius 3 is 2.69 bits per heavy atom. The molecule has 2 rings (SSSR count). The molecule has 0 aromatic carbocycles. The lowest BCUT2D eigenvalue weighted by atomic mass is 9.78. The molecule has 5 nitrogen and oxygen atoms in total. The zero-order valence-electron chi connectivity index (χ0n) is 9.66. The average Bonchev–Trinajstić information content (AvgIpc) is 2.62. The molecular formula is C11H17N3O2. The highest BCUT2D eigenvalue weighted by molar-refractivity contribution is 5.85. The molecule has 0 bridgehead atoms. The first kappa shape index (κ1) is 11.1. The standard InChI is InChI=1S/C11H17N3O2/c1-11(3-5-12-6-4-11)9-7-8(10(15)16)13-14(9)2/h7,12H,3-6H2,1-2H3,(H,15,16). The average molecular weight is 223 g/mol. The van der Waals surface area contributed by atoms with Crippen molar-refractivity contribution in [2.75, 3.05) is 13.1 Å². The SMILES string of the molecule is Cn1nc(C(=O)O)cc1C1(C)CCNCC1. The molecule has 1 aliphatic heterocycles. The second-order valence-electron chi connectivity index (χ2n) is 4.65. The van der Waals surface area contributed by atoms with Gasteiger partial charge in [-0.15, -0.1) is 0 Å². The van der Waals surface area contributed by atoms with E-state index in [0.717, 1.165) is 31.6 Å². The highest BCUT2D eigenvalue weighted by atomic mass is 16.4. The summed E-state index contributed by atoms with van der Waals surface area (Å²) in [6.07, 6.45) is 2.04. The van der Waals surface area contributed by atoms with Crippen molar-refractivity contribution < 1.29 is 9.90 Å². The van der Waals surface area contributed by atoms with Crippen LogP contribution < -0.4 is 5.32 Å². The molecule has 2 N–H and O–H groups in total. The van der Waals surface area contributed by atoms with Crippen molar-refractivity contribution in [3.05, 3.63) is 17.5 Å². The van der Waals surface area contributed by atoms with Gasteiger partial charge in [0.25, 0.3) is 0 Å². The van der Waals surface area contributed by atoms with Gasteiger partial charge in [0, 0.05) is 18.2 Å². The second kappa shape index (κ2) is 3.90. The fourth-order valence-corrected chi connectivity index (χ4v) is 2.37. The lowest BCUT2D eigenvalue weighted by Gasteiger charge is -2.33. The summed E-state index contributed by atoms with van der Waals surface area (Å²) in [5.41, 5.74) is 1.20. The van der Waals surface area contributed by atoms with Crippen molar-refractivity contribution in [3.8, 4) is 0 Å². The summed E-state index contributed by atoms with van der Waals surface area (Å²) in [5.74, 6) is -0.959. The van der Waals surface area contributed by atoms with Gasteiger partial charge in [-0.3, -0.25) is 4.68 Å². The molecule has 0 amide bonds. The number of piperidine rings is 1. The summed E-state index contributed by atoms with van der Waals surface area (Å²) in [4.78, 5) is 10.9. The van der Waals surface area contributed by atoms with E-state index in [1.54, 1.807) is 10.7 Å². The number of carboxylic acids is 1. The minimum absolute atomic E-state index is 0.0424. The molecule has 0 atom stereocenters. The number of nitrogens with one attached hydrogen (secondary N) is 1. The third kappa shape index (κ3) is 1.82. The van der Waals surface area contributed by atoms with Gasteiger partial charge in [-0.2, -0.15) is 5.10 Å². The van der Waals surface area contributed by atoms with Crippen molar-refractivity contribution in [1.29, 1.82) is 0 Å². The minimum Gasteiger partial charge on any atom is -0.476 e. The second-order valence-corrected chi connectivity index (χ2v) is 4.65. The lowest BCUT2D eigenvalue weighted by molar-refractivity contribution is 0.0689. The molecule has 0 unspecified atom stereocenters. The number of aryl methyl sites for hydroxylation is 1. The van der Waals surface area contributed by atoms with E-state index in [0.29, 0.717) is 0 Å². The van der Waals surface area contributed by atoms with E-state index >= 15 is 0 Å². The zero-order chi connectivity index (χ0) is 11.8. The molecule has 0 radical (unpaired) electrons. The molecular weight excluding hydrogens is 206 g/mol. The molecule has 0 aliphatic carbocycles. The predicted octanol–water partition coefficient (Wildman–Crippen LogP) is 0.759. The van der Waals surface area contributed by atoms with Crippen LogP contribution in [0.15, 0.2) is 6.07 Å². The smallest absolute Gasteiger partial charge is 0.356 e. The molecule has 1 aliphatic rings. The van der Waals surface area contributed by atoms with Crippen LogP contribution in [0.4, 0.5) is 0 Å². The van der Waals surface area contributed by atoms with Gasteiger partial charge in [0.1, 0.15) is 0 Å². The Labute approximate surface area is 94.5 Å². The molecule has 0 saturated carbocycles. The van der Waals surface area contributed by atoms with E-state index in [1.165, 1.54) is 0 Å². The summed E-state index contributed by atoms with van der Waals surface area (Å²) in [5, 5.41) is 16.3. The molecule has 1 saturated heterocycles. The number of aromatic nitrogens is 2. The van der Waals surface area contributed by atoms with Gasteiger partial charge >= 0.3 is 5.97 Å². The number of carboxylic acid groups (broad SMARTS) is 1. The third-order valence-corrected chi connectivity index (χ3v) is 3.42. The van der Waals surface area contributed by atoms with Crippen molar-refractivity contribution in [2.24, 2.45) is 7.05 Å². The van der Waals surface area contributed by atoms with Crippen LogP contribution in [0.5, 0.6) is 0 Å². The maximum absolute atomic E-state index is 10.9. The molecule has 2 heterocycles. The Kier molecular flexibility index (Phi) is 2.71. The van der Waals surface area contributed by atoms with Crippen molar-refractivity contribution >= 4 is 5.97 Å². The minimum atomic E-state index is -0.959. The van der Waals surface area contributed by atoms with Crippen LogP contribution in [0.25, 0.3) is 0 Å². The first-order valence-electron chi connectivity index (χ1n) is 5.51. The van der Waals surface area contributed by atoms with Gasteiger partial charge in [-0.1, -0.05) is 6.92 Å². The van der Waals surface area contributed by atoms with Crippen molar-refractivity contribution in [2.45, 2.75) is 25.2 Å². The molecule has 5 heteroatoms. The quantitative estimate of drug-likeness (QED) is 0.776. The number of carbonyl (C=O) groups is 1. The van der Waals surface area contributed by atoms with Gasteiger partial charge in [0.2, 0.25) is 0 Å². The number of nitrogens with zero attached hydrogens (tertiary/aromatic N) is 2. The van der Waals surface area contributed by atoms with Crippen LogP contribution in [-0.2, 0) is 12.5 Å². The summed E-state index contributed by atoms with van der Waals surface area (Å²) in [6.45, 7) is 4.13. The van der Waals surface area contributed by atoms with Crippen LogP contribution in [0.2, 0.25) is 0 Å². The topological polar surface area (TPSA) is 67.2 Å². The Morgan fingerprint density at radius 2 is 2.19 bits per heavy atom. The van der Waals surface area contributed by atoms with E-state index in [2.05, 4.69) is 17.3 Å². The summed E-state index contributed by atoms with van der Waals surface area (Å²) >= 11 is 0. The number of rotatable bonds is 2. The monoisotopic (exact) mass is 223 g/mol. The number of hydrogen-bond donors (Lipinski definition) is 2. The van der Waals surface area contributed by atoms with E-state index < -0.39 is 5.97 Å². The Balaban J connectivity index is 2.35. The third-order valence-electron chi connectivity index (χ3n) is 3.42. The van der Waals surface area contributed by atoms with E-state index in [9.17, 15) is 4.79 Å². The Bertz CT molecular complexity index is 405. The molecule has 88 valence electrons. The van der Waals surface area contributed by atoms with Crippen LogP contribution in [0, 0.1) is 0 Å². The first-order valence-corrected chi connectivity index (χ1v) is 5.51. The van der Waals surface area contributed by atoms with Crippen LogP contribution in [0.3, 0.4) is 0 Å². The maximum Gasteiger partial charge on any atom is 0.356 e. The summed E-state index contributed by atoms with van der Waals surface area (Å²) < 4.78 is 1.70. The summed E-state index contributed by atoms with van der Waals surface area (Å²) in [7, 11) is 1.81. The van der Waals surface area contributed by atoms with Crippen molar-refractivity contribution in [1.82, 2.24) is 15.1 Å². The van der Waals surface area contributed by atoms with Gasteiger partial charge in [0.15, 0.2) is 5.69 Å². The van der Waals surface area contributed by atoms with E-state index in [-0.39, 0.29) is 11.1 Å². The predicted molar refractivity (Wildman–Crippen MR) is 59.6 cm³/mol. The highest BCUT2D eigenvalue weighted by Gasteiger charge is 2.32. The van der Waals surface area contributed by atoms with Gasteiger partial charge in [0.05, 0.1) is 0 Å². The first-order chi connectivity index (χ1) is 7.53. The van der Waals surface area contributed by atoms with Crippen LogP contribution >= 0.6 is 0 Å². The van der Waals surface area contributed by atoms with E-state index in [1.807, 2.05) is 7.05 Å². The van der Waals surface area contributed by atoms with Gasteiger partial charge in [-0.05, 0) is 32.0 Å². The van der Waals surface area contributed by atoms with Crippen molar-refractivity contribution in [3.63, 3.8) is 0 Å². The molecule has 16 heavy (non-hydrogen) atoms. The fourth-order valence-electron chi connectivity index (χ4n) is 2.37. The lowest BCUT2D eigenvalue weighted by Crippen LogP contribution is -2.38. The van der Waals surface area contributed by atoms with Crippen LogP contribution in [-0.4, -0.2) is 33.9 Å². The van der Waals surface area contributed by atoms with E-state index in [4.69, 9.17) is 5.11 Å². The molecule has 1 fully saturated rings. The summed E-state index contributed by atoms with van der Waals surface area (Å²) in [6, 6.07) is 1.70. The van der Waals surface area contributed by atoms with Crippen LogP contribution in [0.1, 0.15) is 35.9 Å². The van der Waals surface area contributed by atoms with Gasteiger partial charge < -0.3 is 10.4 Å². The van der Waals surface area contributed by atoms with Gasteiger partial charge in [-0.25, -0.2) is 4.79 Å². The highest BCUT2D eigenvalue weighted by Crippen LogP contribution is 2.32. The normalized spacial score (nSPS) is 19.6. The number of hydrogen-bond acceptors (Lipinski definition) is 3. The molecule has 1 aromatic heterocycles. The fraction of sp³-hybridized carbons (Fsp3) is 0.636. The Hall–Kier alpha value is -1.36. The number of aromatic carboxylic acids is 1. The Morgan fingerprint density at radius 1 is 1.56 bits per heavy atom.